The minimum atomic E-state index is 0. The zero-order valence-electron chi connectivity index (χ0n) is 19.7. The number of aliphatic imine (C=N–C) groups is 1. The van der Waals surface area contributed by atoms with Crippen LogP contribution in [0.2, 0.25) is 0 Å². The van der Waals surface area contributed by atoms with Gasteiger partial charge >= 0.3 is 0 Å². The van der Waals surface area contributed by atoms with Crippen molar-refractivity contribution in [2.45, 2.75) is 38.6 Å². The average Bonchev–Trinajstić information content (AvgIpc) is 2.88. The summed E-state index contributed by atoms with van der Waals surface area (Å²) in [6.07, 6.45) is 3.97. The monoisotopic (exact) mass is 571 g/mol. The molecule has 1 saturated heterocycles. The molecule has 1 fully saturated rings. The van der Waals surface area contributed by atoms with Crippen molar-refractivity contribution in [2.24, 2.45) is 4.99 Å². The Morgan fingerprint density at radius 3 is 2.32 bits per heavy atom. The van der Waals surface area contributed by atoms with Gasteiger partial charge in [0, 0.05) is 51.0 Å². The van der Waals surface area contributed by atoms with E-state index >= 15 is 0 Å². The minimum absolute atomic E-state index is 0. The summed E-state index contributed by atoms with van der Waals surface area (Å²) in [5, 5.41) is 7.02. The van der Waals surface area contributed by atoms with Crippen LogP contribution in [0.25, 0.3) is 0 Å². The van der Waals surface area contributed by atoms with Crippen molar-refractivity contribution in [2.75, 3.05) is 20.1 Å². The van der Waals surface area contributed by atoms with Gasteiger partial charge in [-0.3, -0.25) is 9.89 Å². The van der Waals surface area contributed by atoms with E-state index in [9.17, 15) is 0 Å². The number of hydrogen-bond donors (Lipinski definition) is 2. The molecule has 0 spiro atoms. The predicted molar refractivity (Wildman–Crippen MR) is 149 cm³/mol. The first kappa shape index (κ1) is 26.0. The Balaban J connectivity index is 0.00000324. The SMILES string of the molecule is CN=C(NCc1cccnc1OCc1ccccc1)NC1CCN(Cc2ccccc2)CC1.I. The summed E-state index contributed by atoms with van der Waals surface area (Å²) >= 11 is 0. The fourth-order valence-corrected chi connectivity index (χ4v) is 4.06. The van der Waals surface area contributed by atoms with E-state index < -0.39 is 0 Å². The Kier molecular flexibility index (Phi) is 10.6. The van der Waals surface area contributed by atoms with E-state index in [0.717, 1.165) is 49.6 Å². The van der Waals surface area contributed by atoms with Gasteiger partial charge in [0.1, 0.15) is 6.61 Å². The summed E-state index contributed by atoms with van der Waals surface area (Å²) in [6.45, 7) is 4.30. The van der Waals surface area contributed by atoms with E-state index in [1.54, 1.807) is 6.20 Å². The first-order chi connectivity index (χ1) is 16.3. The topological polar surface area (TPSA) is 61.8 Å². The van der Waals surface area contributed by atoms with Crippen molar-refractivity contribution in [3.05, 3.63) is 95.7 Å². The largest absolute Gasteiger partial charge is 0.473 e. The number of guanidine groups is 1. The summed E-state index contributed by atoms with van der Waals surface area (Å²) in [5.41, 5.74) is 3.51. The second-order valence-corrected chi connectivity index (χ2v) is 8.35. The first-order valence-electron chi connectivity index (χ1n) is 11.6. The van der Waals surface area contributed by atoms with Crippen molar-refractivity contribution in [3.8, 4) is 5.88 Å². The molecule has 180 valence electrons. The quantitative estimate of drug-likeness (QED) is 0.235. The molecular weight excluding hydrogens is 537 g/mol. The summed E-state index contributed by atoms with van der Waals surface area (Å²) in [5.74, 6) is 1.47. The summed E-state index contributed by atoms with van der Waals surface area (Å²) in [6, 6.07) is 25.2. The van der Waals surface area contributed by atoms with E-state index in [1.165, 1.54) is 5.56 Å². The van der Waals surface area contributed by atoms with Gasteiger partial charge in [0.05, 0.1) is 0 Å². The number of piperidine rings is 1. The van der Waals surface area contributed by atoms with Crippen LogP contribution in [0.15, 0.2) is 84.0 Å². The molecular formula is C27H34IN5O. The van der Waals surface area contributed by atoms with Crippen molar-refractivity contribution in [1.29, 1.82) is 0 Å². The molecule has 2 aromatic carbocycles. The molecule has 2 N–H and O–H groups in total. The van der Waals surface area contributed by atoms with Gasteiger partial charge in [-0.05, 0) is 30.0 Å². The van der Waals surface area contributed by atoms with E-state index in [-0.39, 0.29) is 24.0 Å². The summed E-state index contributed by atoms with van der Waals surface area (Å²) in [4.78, 5) is 11.4. The lowest BCUT2D eigenvalue weighted by Crippen LogP contribution is -2.48. The van der Waals surface area contributed by atoms with Gasteiger partial charge in [0.25, 0.3) is 0 Å². The first-order valence-corrected chi connectivity index (χ1v) is 11.6. The number of halogens is 1. The Morgan fingerprint density at radius 1 is 0.971 bits per heavy atom. The van der Waals surface area contributed by atoms with Crippen LogP contribution in [-0.2, 0) is 19.7 Å². The van der Waals surface area contributed by atoms with E-state index in [2.05, 4.69) is 68.0 Å². The van der Waals surface area contributed by atoms with Crippen LogP contribution < -0.4 is 15.4 Å². The van der Waals surface area contributed by atoms with Crippen LogP contribution in [0.1, 0.15) is 29.5 Å². The molecule has 0 bridgehead atoms. The zero-order valence-corrected chi connectivity index (χ0v) is 22.0. The highest BCUT2D eigenvalue weighted by Crippen LogP contribution is 2.17. The van der Waals surface area contributed by atoms with Gasteiger partial charge in [-0.25, -0.2) is 4.98 Å². The maximum absolute atomic E-state index is 5.98. The highest BCUT2D eigenvalue weighted by molar-refractivity contribution is 14.0. The molecule has 34 heavy (non-hydrogen) atoms. The number of hydrogen-bond acceptors (Lipinski definition) is 4. The standard InChI is InChI=1S/C27H33N5O.HI/c1-28-27(31-25-14-17-32(18-15-25)20-22-9-4-2-5-10-22)30-19-24-13-8-16-29-26(24)33-21-23-11-6-3-7-12-23;/h2-13,16,25H,14-15,17-21H2,1H3,(H2,28,30,31);1H. The molecule has 0 amide bonds. The summed E-state index contributed by atoms with van der Waals surface area (Å²) in [7, 11) is 1.82. The normalized spacial score (nSPS) is 14.8. The smallest absolute Gasteiger partial charge is 0.218 e. The maximum Gasteiger partial charge on any atom is 0.218 e. The Bertz CT molecular complexity index is 1010. The second kappa shape index (κ2) is 13.9. The lowest BCUT2D eigenvalue weighted by molar-refractivity contribution is 0.198. The molecule has 1 aromatic heterocycles. The molecule has 0 saturated carbocycles. The van der Waals surface area contributed by atoms with Crippen LogP contribution >= 0.6 is 24.0 Å². The number of rotatable bonds is 8. The van der Waals surface area contributed by atoms with E-state index in [1.807, 2.05) is 37.4 Å². The Morgan fingerprint density at radius 2 is 1.65 bits per heavy atom. The highest BCUT2D eigenvalue weighted by Gasteiger charge is 2.20. The number of nitrogens with one attached hydrogen (secondary N) is 2. The van der Waals surface area contributed by atoms with E-state index in [0.29, 0.717) is 25.1 Å². The number of likely N-dealkylation sites (tertiary alicyclic amines) is 1. The van der Waals surface area contributed by atoms with Gasteiger partial charge in [-0.15, -0.1) is 24.0 Å². The average molecular weight is 572 g/mol. The van der Waals surface area contributed by atoms with Crippen LogP contribution in [-0.4, -0.2) is 42.0 Å². The lowest BCUT2D eigenvalue weighted by atomic mass is 10.0. The molecule has 0 radical (unpaired) electrons. The summed E-state index contributed by atoms with van der Waals surface area (Å²) < 4.78 is 5.98. The van der Waals surface area contributed by atoms with E-state index in [4.69, 9.17) is 4.74 Å². The lowest BCUT2D eigenvalue weighted by Gasteiger charge is -2.33. The Labute approximate surface area is 219 Å². The molecule has 0 aliphatic carbocycles. The van der Waals surface area contributed by atoms with Crippen molar-refractivity contribution < 1.29 is 4.74 Å². The molecule has 3 aromatic rings. The molecule has 0 atom stereocenters. The minimum Gasteiger partial charge on any atom is -0.473 e. The third-order valence-corrected chi connectivity index (χ3v) is 5.92. The van der Waals surface area contributed by atoms with Crippen LogP contribution in [0, 0.1) is 0 Å². The number of aromatic nitrogens is 1. The van der Waals surface area contributed by atoms with Crippen molar-refractivity contribution in [1.82, 2.24) is 20.5 Å². The van der Waals surface area contributed by atoms with Crippen LogP contribution in [0.3, 0.4) is 0 Å². The highest BCUT2D eigenvalue weighted by atomic mass is 127. The molecule has 1 aliphatic heterocycles. The Hall–Kier alpha value is -2.65. The number of pyridine rings is 1. The number of nitrogens with zero attached hydrogens (tertiary/aromatic N) is 3. The second-order valence-electron chi connectivity index (χ2n) is 8.35. The van der Waals surface area contributed by atoms with Crippen LogP contribution in [0.4, 0.5) is 0 Å². The van der Waals surface area contributed by atoms with Crippen molar-refractivity contribution in [3.63, 3.8) is 0 Å². The third kappa shape index (κ3) is 7.99. The molecule has 2 heterocycles. The maximum atomic E-state index is 5.98. The fourth-order valence-electron chi connectivity index (χ4n) is 4.06. The van der Waals surface area contributed by atoms with Gasteiger partial charge in [-0.1, -0.05) is 66.7 Å². The van der Waals surface area contributed by atoms with Gasteiger partial charge in [0.2, 0.25) is 5.88 Å². The fraction of sp³-hybridized carbons (Fsp3) is 0.333. The van der Waals surface area contributed by atoms with Gasteiger partial charge in [-0.2, -0.15) is 0 Å². The molecule has 7 heteroatoms. The predicted octanol–water partition coefficient (Wildman–Crippen LogP) is 4.61. The molecule has 4 rings (SSSR count). The molecule has 0 unspecified atom stereocenters. The zero-order chi connectivity index (χ0) is 22.7. The third-order valence-electron chi connectivity index (χ3n) is 5.92. The van der Waals surface area contributed by atoms with Gasteiger partial charge < -0.3 is 15.4 Å². The van der Waals surface area contributed by atoms with Crippen molar-refractivity contribution >= 4 is 29.9 Å². The van der Waals surface area contributed by atoms with Gasteiger partial charge in [0.15, 0.2) is 5.96 Å². The molecule has 6 nitrogen and oxygen atoms in total. The number of benzene rings is 2. The van der Waals surface area contributed by atoms with Crippen LogP contribution in [0.5, 0.6) is 5.88 Å². The number of ether oxygens (including phenoxy) is 1. The molecule has 1 aliphatic rings.